The smallest absolute Gasteiger partial charge is 0.416 e. The first kappa shape index (κ1) is 24.5. The summed E-state index contributed by atoms with van der Waals surface area (Å²) in [5.74, 6) is -0.138. The van der Waals surface area contributed by atoms with E-state index in [-0.39, 0.29) is 28.8 Å². The number of carbonyl (C=O) groups excluding carboxylic acids is 1. The molecule has 174 valence electrons. The Morgan fingerprint density at radius 3 is 2.36 bits per heavy atom. The van der Waals surface area contributed by atoms with Gasteiger partial charge in [0.2, 0.25) is 0 Å². The molecule has 0 spiro atoms. The van der Waals surface area contributed by atoms with Gasteiger partial charge in [-0.1, -0.05) is 18.2 Å². The molecule has 0 unspecified atom stereocenters. The summed E-state index contributed by atoms with van der Waals surface area (Å²) in [6.07, 6.45) is -2.71. The predicted octanol–water partition coefficient (Wildman–Crippen LogP) is 5.25. The molecule has 0 bridgehead atoms. The molecule has 0 aliphatic rings. The number of nitrogens with one attached hydrogen (secondary N) is 2. The van der Waals surface area contributed by atoms with Crippen LogP contribution in [0.3, 0.4) is 0 Å². The summed E-state index contributed by atoms with van der Waals surface area (Å²) < 4.78 is 71.0. The van der Waals surface area contributed by atoms with Crippen molar-refractivity contribution in [2.24, 2.45) is 0 Å². The Kier molecular flexibility index (Phi) is 7.54. The number of carbonyl (C=O) groups is 1. The molecule has 3 aromatic carbocycles. The number of benzene rings is 3. The van der Waals surface area contributed by atoms with E-state index in [0.29, 0.717) is 11.8 Å². The van der Waals surface area contributed by atoms with Crippen LogP contribution in [0, 0.1) is 0 Å². The highest BCUT2D eigenvalue weighted by atomic mass is 32.2. The molecule has 3 aromatic rings. The number of alkyl halides is 3. The van der Waals surface area contributed by atoms with Crippen molar-refractivity contribution in [2.75, 3.05) is 22.9 Å². The zero-order chi connectivity index (χ0) is 24.1. The third-order valence-corrected chi connectivity index (χ3v) is 6.52. The maximum Gasteiger partial charge on any atom is 0.416 e. The van der Waals surface area contributed by atoms with E-state index in [1.165, 1.54) is 42.1 Å². The van der Waals surface area contributed by atoms with Crippen molar-refractivity contribution in [3.63, 3.8) is 0 Å². The van der Waals surface area contributed by atoms with Gasteiger partial charge in [-0.05, 0) is 60.9 Å². The summed E-state index contributed by atoms with van der Waals surface area (Å²) in [7, 11) is -4.13. The van der Waals surface area contributed by atoms with Gasteiger partial charge in [0, 0.05) is 10.6 Å². The van der Waals surface area contributed by atoms with Crippen LogP contribution >= 0.6 is 11.8 Å². The maximum atomic E-state index is 12.8. The lowest BCUT2D eigenvalue weighted by atomic mass is 10.2. The Balaban J connectivity index is 1.62. The average Bonchev–Trinajstić information content (AvgIpc) is 2.78. The highest BCUT2D eigenvalue weighted by Gasteiger charge is 2.30. The quantitative estimate of drug-likeness (QED) is 0.417. The maximum absolute atomic E-state index is 12.8. The molecule has 0 aromatic heterocycles. The van der Waals surface area contributed by atoms with Crippen molar-refractivity contribution in [3.05, 3.63) is 78.4 Å². The fourth-order valence-electron chi connectivity index (χ4n) is 2.77. The number of para-hydroxylation sites is 1. The van der Waals surface area contributed by atoms with Gasteiger partial charge in [-0.3, -0.25) is 9.52 Å². The number of thioether (sulfide) groups is 1. The first-order valence-electron chi connectivity index (χ1n) is 9.44. The molecule has 0 aliphatic carbocycles. The lowest BCUT2D eigenvalue weighted by Gasteiger charge is -2.12. The van der Waals surface area contributed by atoms with Crippen molar-refractivity contribution in [1.82, 2.24) is 0 Å². The topological polar surface area (TPSA) is 84.5 Å². The molecule has 0 aliphatic heterocycles. The summed E-state index contributed by atoms with van der Waals surface area (Å²) in [5.41, 5.74) is -0.530. The summed E-state index contributed by atoms with van der Waals surface area (Å²) >= 11 is 1.48. The van der Waals surface area contributed by atoms with Crippen LogP contribution in [-0.4, -0.2) is 27.2 Å². The van der Waals surface area contributed by atoms with Crippen LogP contribution < -0.4 is 14.8 Å². The van der Waals surface area contributed by atoms with E-state index in [2.05, 4.69) is 10.0 Å². The Morgan fingerprint density at radius 2 is 1.70 bits per heavy atom. The van der Waals surface area contributed by atoms with Crippen LogP contribution in [0.1, 0.15) is 5.56 Å². The summed E-state index contributed by atoms with van der Waals surface area (Å²) in [6.45, 7) is -0.294. The van der Waals surface area contributed by atoms with Gasteiger partial charge in [-0.15, -0.1) is 11.8 Å². The minimum atomic E-state index is -4.59. The minimum absolute atomic E-state index is 0.175. The molecule has 2 N–H and O–H groups in total. The van der Waals surface area contributed by atoms with Gasteiger partial charge in [0.1, 0.15) is 5.75 Å². The van der Waals surface area contributed by atoms with Crippen LogP contribution in [0.5, 0.6) is 5.75 Å². The number of anilines is 2. The first-order valence-corrected chi connectivity index (χ1v) is 12.1. The molecule has 1 amide bonds. The third-order valence-electron chi connectivity index (χ3n) is 4.33. The fourth-order valence-corrected chi connectivity index (χ4v) is 4.37. The summed E-state index contributed by atoms with van der Waals surface area (Å²) in [5, 5.41) is 2.74. The molecule has 3 rings (SSSR count). The molecule has 0 heterocycles. The van der Waals surface area contributed by atoms with Crippen molar-refractivity contribution in [3.8, 4) is 5.75 Å². The van der Waals surface area contributed by atoms with Gasteiger partial charge in [0.15, 0.2) is 6.61 Å². The second kappa shape index (κ2) is 10.2. The Bertz CT molecular complexity index is 1230. The standard InChI is InChI=1S/C22H19F3N2O4S2/c1-32-20-8-3-2-7-19(20)26-21(28)14-31-17-9-11-18(12-10-17)33(29,30)27-16-6-4-5-15(13-16)22(23,24)25/h2-13,27H,14H2,1H3,(H,26,28). The molecule has 6 nitrogen and oxygen atoms in total. The Hall–Kier alpha value is -3.18. The first-order chi connectivity index (χ1) is 15.6. The molecule has 0 atom stereocenters. The van der Waals surface area contributed by atoms with Crippen LogP contribution in [0.15, 0.2) is 82.6 Å². The second-order valence-corrected chi connectivity index (χ2v) is 9.22. The number of amides is 1. The highest BCUT2D eigenvalue weighted by Crippen LogP contribution is 2.31. The van der Waals surface area contributed by atoms with Crippen LogP contribution in [0.25, 0.3) is 0 Å². The molecule has 11 heteroatoms. The van der Waals surface area contributed by atoms with Gasteiger partial charge >= 0.3 is 6.18 Å². The van der Waals surface area contributed by atoms with Gasteiger partial charge in [0.05, 0.1) is 16.1 Å². The van der Waals surface area contributed by atoms with Gasteiger partial charge in [-0.2, -0.15) is 13.2 Å². The zero-order valence-electron chi connectivity index (χ0n) is 17.2. The lowest BCUT2D eigenvalue weighted by Crippen LogP contribution is -2.20. The van der Waals surface area contributed by atoms with E-state index in [9.17, 15) is 26.4 Å². The minimum Gasteiger partial charge on any atom is -0.484 e. The highest BCUT2D eigenvalue weighted by molar-refractivity contribution is 7.98. The largest absolute Gasteiger partial charge is 0.484 e. The van der Waals surface area contributed by atoms with Gasteiger partial charge in [0.25, 0.3) is 15.9 Å². The number of hydrogen-bond donors (Lipinski definition) is 2. The van der Waals surface area contributed by atoms with Crippen LogP contribution in [-0.2, 0) is 21.0 Å². The van der Waals surface area contributed by atoms with Crippen molar-refractivity contribution in [1.29, 1.82) is 0 Å². The Labute approximate surface area is 193 Å². The van der Waals surface area contributed by atoms with Gasteiger partial charge < -0.3 is 10.1 Å². The van der Waals surface area contributed by atoms with E-state index in [4.69, 9.17) is 4.74 Å². The van der Waals surface area contributed by atoms with Crippen molar-refractivity contribution in [2.45, 2.75) is 16.0 Å². The summed E-state index contributed by atoms with van der Waals surface area (Å²) in [6, 6.07) is 16.3. The second-order valence-electron chi connectivity index (χ2n) is 6.69. The Morgan fingerprint density at radius 1 is 1.00 bits per heavy atom. The van der Waals surface area contributed by atoms with E-state index in [0.717, 1.165) is 17.0 Å². The third kappa shape index (κ3) is 6.65. The van der Waals surface area contributed by atoms with E-state index in [1.54, 1.807) is 12.1 Å². The normalized spacial score (nSPS) is 11.6. The number of hydrogen-bond acceptors (Lipinski definition) is 5. The van der Waals surface area contributed by atoms with Crippen molar-refractivity contribution < 1.29 is 31.1 Å². The van der Waals surface area contributed by atoms with Crippen LogP contribution in [0.4, 0.5) is 24.5 Å². The predicted molar refractivity (Wildman–Crippen MR) is 121 cm³/mol. The fraction of sp³-hybridized carbons (Fsp3) is 0.136. The average molecular weight is 497 g/mol. The molecule has 0 fully saturated rings. The van der Waals surface area contributed by atoms with E-state index < -0.39 is 21.8 Å². The molecular formula is C22H19F3N2O4S2. The van der Waals surface area contributed by atoms with E-state index >= 15 is 0 Å². The number of sulfonamides is 1. The number of halogens is 3. The number of rotatable bonds is 8. The monoisotopic (exact) mass is 496 g/mol. The van der Waals surface area contributed by atoms with Gasteiger partial charge in [-0.25, -0.2) is 8.42 Å². The number of ether oxygens (including phenoxy) is 1. The van der Waals surface area contributed by atoms with E-state index in [1.807, 2.05) is 18.4 Å². The van der Waals surface area contributed by atoms with Crippen LogP contribution in [0.2, 0.25) is 0 Å². The zero-order valence-corrected chi connectivity index (χ0v) is 18.9. The summed E-state index contributed by atoms with van der Waals surface area (Å²) in [4.78, 5) is 12.9. The molecule has 33 heavy (non-hydrogen) atoms. The molecule has 0 saturated heterocycles. The molecular weight excluding hydrogens is 477 g/mol. The molecule has 0 saturated carbocycles. The molecule has 0 radical (unpaired) electrons. The van der Waals surface area contributed by atoms with Crippen molar-refractivity contribution >= 4 is 39.1 Å². The lowest BCUT2D eigenvalue weighted by molar-refractivity contribution is -0.137. The SMILES string of the molecule is CSc1ccccc1NC(=O)COc1ccc(S(=O)(=O)Nc2cccc(C(F)(F)F)c2)cc1.